The monoisotopic (exact) mass is 369 g/mol. The van der Waals surface area contributed by atoms with Gasteiger partial charge in [0, 0.05) is 22.0 Å². The third-order valence-corrected chi connectivity index (χ3v) is 5.79. The molecule has 1 aliphatic rings. The van der Waals surface area contributed by atoms with Crippen molar-refractivity contribution in [1.29, 1.82) is 0 Å². The van der Waals surface area contributed by atoms with E-state index in [-0.39, 0.29) is 17.7 Å². The van der Waals surface area contributed by atoms with Crippen molar-refractivity contribution in [2.24, 2.45) is 0 Å². The van der Waals surface area contributed by atoms with Crippen molar-refractivity contribution in [1.82, 2.24) is 4.90 Å². The van der Waals surface area contributed by atoms with Gasteiger partial charge in [-0.15, -0.1) is 11.3 Å². The van der Waals surface area contributed by atoms with Crippen molar-refractivity contribution in [2.75, 3.05) is 6.54 Å². The van der Waals surface area contributed by atoms with Gasteiger partial charge < -0.3 is 10.0 Å². The summed E-state index contributed by atoms with van der Waals surface area (Å²) in [5.74, 6) is 0.129. The van der Waals surface area contributed by atoms with Crippen molar-refractivity contribution >= 4 is 28.8 Å². The molecule has 2 heterocycles. The highest BCUT2D eigenvalue weighted by Crippen LogP contribution is 2.39. The second-order valence-electron chi connectivity index (χ2n) is 6.06. The molecule has 1 amide bonds. The van der Waals surface area contributed by atoms with Gasteiger partial charge in [0.2, 0.25) is 0 Å². The normalized spacial score (nSPS) is 16.5. The van der Waals surface area contributed by atoms with Crippen LogP contribution >= 0.6 is 22.9 Å². The SMILES string of the molecule is O=C(c1ccc(O)cc1)N1CCc2ccsc2C1c1ccc(Cl)cc1. The minimum Gasteiger partial charge on any atom is -0.508 e. The fraction of sp³-hybridized carbons (Fsp3) is 0.150. The first-order valence-corrected chi connectivity index (χ1v) is 9.31. The number of hydrogen-bond donors (Lipinski definition) is 1. The zero-order valence-corrected chi connectivity index (χ0v) is 14.9. The Bertz CT molecular complexity index is 902. The first-order chi connectivity index (χ1) is 12.1. The van der Waals surface area contributed by atoms with Crippen molar-refractivity contribution < 1.29 is 9.90 Å². The van der Waals surface area contributed by atoms with E-state index in [9.17, 15) is 9.90 Å². The van der Waals surface area contributed by atoms with Crippen molar-refractivity contribution in [3.8, 4) is 5.75 Å². The molecule has 0 bridgehead atoms. The highest BCUT2D eigenvalue weighted by atomic mass is 35.5. The second-order valence-corrected chi connectivity index (χ2v) is 7.44. The van der Waals surface area contributed by atoms with Crippen LogP contribution in [0.25, 0.3) is 0 Å². The molecule has 2 aromatic carbocycles. The fourth-order valence-electron chi connectivity index (χ4n) is 3.27. The maximum atomic E-state index is 13.1. The van der Waals surface area contributed by atoms with Gasteiger partial charge in [0.1, 0.15) is 5.75 Å². The fourth-order valence-corrected chi connectivity index (χ4v) is 4.49. The molecule has 0 spiro atoms. The topological polar surface area (TPSA) is 40.5 Å². The Morgan fingerprint density at radius 3 is 2.52 bits per heavy atom. The highest BCUT2D eigenvalue weighted by Gasteiger charge is 2.33. The third-order valence-electron chi connectivity index (χ3n) is 4.52. The quantitative estimate of drug-likeness (QED) is 0.698. The van der Waals surface area contributed by atoms with Gasteiger partial charge in [0.15, 0.2) is 0 Å². The average Bonchev–Trinajstić information content (AvgIpc) is 3.10. The van der Waals surface area contributed by atoms with Crippen LogP contribution in [-0.2, 0) is 6.42 Å². The summed E-state index contributed by atoms with van der Waals surface area (Å²) in [5, 5.41) is 12.2. The van der Waals surface area contributed by atoms with Gasteiger partial charge in [-0.05, 0) is 65.4 Å². The summed E-state index contributed by atoms with van der Waals surface area (Å²) in [4.78, 5) is 16.2. The molecule has 1 aliphatic heterocycles. The van der Waals surface area contributed by atoms with Gasteiger partial charge in [0.25, 0.3) is 5.91 Å². The van der Waals surface area contributed by atoms with Crippen molar-refractivity contribution in [3.05, 3.63) is 86.6 Å². The maximum absolute atomic E-state index is 13.1. The number of halogens is 1. The molecule has 1 unspecified atom stereocenters. The number of fused-ring (bicyclic) bond motifs is 1. The summed E-state index contributed by atoms with van der Waals surface area (Å²) >= 11 is 7.72. The lowest BCUT2D eigenvalue weighted by Gasteiger charge is -2.36. The van der Waals surface area contributed by atoms with Gasteiger partial charge in [-0.25, -0.2) is 0 Å². The summed E-state index contributed by atoms with van der Waals surface area (Å²) < 4.78 is 0. The number of thiophene rings is 1. The Morgan fingerprint density at radius 1 is 1.08 bits per heavy atom. The van der Waals surface area contributed by atoms with E-state index in [0.29, 0.717) is 17.1 Å². The molecule has 4 rings (SSSR count). The number of benzene rings is 2. The molecule has 0 saturated heterocycles. The minimum atomic E-state index is -0.109. The van der Waals surface area contributed by atoms with E-state index in [1.54, 1.807) is 35.6 Å². The molecule has 3 nitrogen and oxygen atoms in total. The van der Waals surface area contributed by atoms with Gasteiger partial charge >= 0.3 is 0 Å². The van der Waals surface area contributed by atoms with Crippen LogP contribution in [0.15, 0.2) is 60.0 Å². The summed E-state index contributed by atoms with van der Waals surface area (Å²) in [5.41, 5.74) is 2.94. The molecular weight excluding hydrogens is 354 g/mol. The Kier molecular flexibility index (Phi) is 4.24. The molecule has 0 radical (unpaired) electrons. The molecular formula is C20H16ClNO2S. The predicted molar refractivity (Wildman–Crippen MR) is 100 cm³/mol. The predicted octanol–water partition coefficient (Wildman–Crippen LogP) is 4.90. The van der Waals surface area contributed by atoms with Crippen LogP contribution in [0.2, 0.25) is 5.02 Å². The first-order valence-electron chi connectivity index (χ1n) is 8.05. The smallest absolute Gasteiger partial charge is 0.254 e. The van der Waals surface area contributed by atoms with Gasteiger partial charge in [-0.1, -0.05) is 23.7 Å². The van der Waals surface area contributed by atoms with Crippen LogP contribution in [0.1, 0.15) is 32.4 Å². The lowest BCUT2D eigenvalue weighted by molar-refractivity contribution is 0.0698. The van der Waals surface area contributed by atoms with E-state index >= 15 is 0 Å². The molecule has 0 saturated carbocycles. The maximum Gasteiger partial charge on any atom is 0.254 e. The third kappa shape index (κ3) is 3.03. The van der Waals surface area contributed by atoms with Gasteiger partial charge in [-0.3, -0.25) is 4.79 Å². The van der Waals surface area contributed by atoms with E-state index in [4.69, 9.17) is 11.6 Å². The first kappa shape index (κ1) is 16.2. The standard InChI is InChI=1S/C20H16ClNO2S/c21-16-5-1-13(2-6-16)18-19-14(10-12-25-19)9-11-22(18)20(24)15-3-7-17(23)8-4-15/h1-8,10,12,18,23H,9,11H2. The number of rotatable bonds is 2. The van der Waals surface area contributed by atoms with E-state index < -0.39 is 0 Å². The van der Waals surface area contributed by atoms with Crippen LogP contribution in [0, 0.1) is 0 Å². The number of aromatic hydroxyl groups is 1. The van der Waals surface area contributed by atoms with Crippen LogP contribution in [0.3, 0.4) is 0 Å². The van der Waals surface area contributed by atoms with Crippen LogP contribution in [0.5, 0.6) is 5.75 Å². The summed E-state index contributed by atoms with van der Waals surface area (Å²) in [6, 6.07) is 16.2. The Morgan fingerprint density at radius 2 is 1.80 bits per heavy atom. The Balaban J connectivity index is 1.76. The lowest BCUT2D eigenvalue weighted by atomic mass is 9.94. The molecule has 25 heavy (non-hydrogen) atoms. The molecule has 1 atom stereocenters. The summed E-state index contributed by atoms with van der Waals surface area (Å²) in [6.07, 6.45) is 0.854. The number of phenolic OH excluding ortho intramolecular Hbond substituents is 1. The number of amides is 1. The van der Waals surface area contributed by atoms with Crippen LogP contribution < -0.4 is 0 Å². The van der Waals surface area contributed by atoms with Crippen LogP contribution in [-0.4, -0.2) is 22.5 Å². The summed E-state index contributed by atoms with van der Waals surface area (Å²) in [7, 11) is 0. The number of carbonyl (C=O) groups is 1. The minimum absolute atomic E-state index is 0.0287. The Labute approximate surface area is 155 Å². The molecule has 3 aromatic rings. The molecule has 5 heteroatoms. The second kappa shape index (κ2) is 6.54. The zero-order chi connectivity index (χ0) is 17.4. The number of nitrogens with zero attached hydrogens (tertiary/aromatic N) is 1. The van der Waals surface area contributed by atoms with Crippen molar-refractivity contribution in [3.63, 3.8) is 0 Å². The van der Waals surface area contributed by atoms with E-state index in [1.807, 2.05) is 29.2 Å². The van der Waals surface area contributed by atoms with E-state index in [2.05, 4.69) is 11.4 Å². The number of phenols is 1. The van der Waals surface area contributed by atoms with Gasteiger partial charge in [-0.2, -0.15) is 0 Å². The highest BCUT2D eigenvalue weighted by molar-refractivity contribution is 7.10. The molecule has 1 N–H and O–H groups in total. The van der Waals surface area contributed by atoms with E-state index in [1.165, 1.54) is 10.4 Å². The average molecular weight is 370 g/mol. The van der Waals surface area contributed by atoms with Gasteiger partial charge in [0.05, 0.1) is 6.04 Å². The molecule has 0 aliphatic carbocycles. The largest absolute Gasteiger partial charge is 0.508 e. The van der Waals surface area contributed by atoms with E-state index in [0.717, 1.165) is 12.0 Å². The molecule has 0 fully saturated rings. The zero-order valence-electron chi connectivity index (χ0n) is 13.4. The number of carbonyl (C=O) groups excluding carboxylic acids is 1. The molecule has 126 valence electrons. The lowest BCUT2D eigenvalue weighted by Crippen LogP contribution is -2.39. The van der Waals surface area contributed by atoms with Crippen molar-refractivity contribution in [2.45, 2.75) is 12.5 Å². The summed E-state index contributed by atoms with van der Waals surface area (Å²) in [6.45, 7) is 0.663. The Hall–Kier alpha value is -2.30. The van der Waals surface area contributed by atoms with Crippen LogP contribution in [0.4, 0.5) is 0 Å². The molecule has 1 aromatic heterocycles. The number of hydrogen-bond acceptors (Lipinski definition) is 3.